The number of hydrogen-bond acceptors (Lipinski definition) is 0. The van der Waals surface area contributed by atoms with Gasteiger partial charge in [-0.3, -0.25) is 0 Å². The van der Waals surface area contributed by atoms with Gasteiger partial charge in [-0.2, -0.15) is 0 Å². The first-order chi connectivity index (χ1) is 7.90. The van der Waals surface area contributed by atoms with Gasteiger partial charge < -0.3 is 0 Å². The summed E-state index contributed by atoms with van der Waals surface area (Å²) in [6, 6.07) is 8.81. The van der Waals surface area contributed by atoms with Gasteiger partial charge >= 0.3 is 0 Å². The minimum atomic E-state index is 0.148. The lowest BCUT2D eigenvalue weighted by Crippen LogP contribution is -2.19. The molecular formula is C16H12. The molecule has 2 bridgehead atoms. The molecule has 0 amide bonds. The average molecular weight is 204 g/mol. The fourth-order valence-electron chi connectivity index (χ4n) is 3.23. The van der Waals surface area contributed by atoms with Crippen LogP contribution in [0.5, 0.6) is 0 Å². The van der Waals surface area contributed by atoms with Crippen LogP contribution >= 0.6 is 0 Å². The molecule has 0 aromatic heterocycles. The van der Waals surface area contributed by atoms with E-state index in [4.69, 9.17) is 0 Å². The first-order valence-corrected chi connectivity index (χ1v) is 5.77. The van der Waals surface area contributed by atoms with Crippen molar-refractivity contribution in [1.29, 1.82) is 0 Å². The van der Waals surface area contributed by atoms with Crippen LogP contribution in [0.25, 0.3) is 5.57 Å². The molecule has 3 aliphatic rings. The van der Waals surface area contributed by atoms with E-state index in [-0.39, 0.29) is 5.41 Å². The third-order valence-corrected chi connectivity index (χ3v) is 3.97. The highest BCUT2D eigenvalue weighted by molar-refractivity contribution is 5.82. The molecule has 0 heterocycles. The van der Waals surface area contributed by atoms with E-state index in [1.807, 2.05) is 0 Å². The molecule has 0 aliphatic heterocycles. The van der Waals surface area contributed by atoms with Crippen LogP contribution < -0.4 is 0 Å². The van der Waals surface area contributed by atoms with E-state index in [0.717, 1.165) is 6.42 Å². The minimum absolute atomic E-state index is 0.148. The normalized spacial score (nSPS) is 28.2. The van der Waals surface area contributed by atoms with E-state index < -0.39 is 0 Å². The summed E-state index contributed by atoms with van der Waals surface area (Å²) in [5, 5.41) is 0. The Kier molecular flexibility index (Phi) is 1.38. The van der Waals surface area contributed by atoms with Crippen molar-refractivity contribution < 1.29 is 0 Å². The number of hydrogen-bond donors (Lipinski definition) is 0. The monoisotopic (exact) mass is 204 g/mol. The molecule has 3 aliphatic carbocycles. The molecular weight excluding hydrogens is 192 g/mol. The van der Waals surface area contributed by atoms with E-state index in [1.165, 1.54) is 22.3 Å². The summed E-state index contributed by atoms with van der Waals surface area (Å²) in [5.74, 6) is 0. The van der Waals surface area contributed by atoms with Crippen molar-refractivity contribution in [2.75, 3.05) is 0 Å². The molecule has 0 nitrogen and oxygen atoms in total. The summed E-state index contributed by atoms with van der Waals surface area (Å²) >= 11 is 0. The first kappa shape index (κ1) is 8.35. The lowest BCUT2D eigenvalue weighted by Gasteiger charge is -2.24. The predicted octanol–water partition coefficient (Wildman–Crippen LogP) is 3.78. The fourth-order valence-corrected chi connectivity index (χ4v) is 3.23. The van der Waals surface area contributed by atoms with Crippen molar-refractivity contribution in [3.8, 4) is 0 Å². The van der Waals surface area contributed by atoms with Crippen molar-refractivity contribution in [3.63, 3.8) is 0 Å². The molecule has 1 spiro atoms. The van der Waals surface area contributed by atoms with Crippen molar-refractivity contribution >= 4 is 5.57 Å². The van der Waals surface area contributed by atoms with Crippen LogP contribution in [0, 0.1) is 0 Å². The molecule has 0 radical (unpaired) electrons. The van der Waals surface area contributed by atoms with Gasteiger partial charge in [0.1, 0.15) is 0 Å². The summed E-state index contributed by atoms with van der Waals surface area (Å²) in [5.41, 5.74) is 5.97. The Bertz CT molecular complexity index is 596. The second-order valence-electron chi connectivity index (χ2n) is 4.73. The lowest BCUT2D eigenvalue weighted by molar-refractivity contribution is 0.703. The van der Waals surface area contributed by atoms with Crippen LogP contribution in [0.15, 0.2) is 66.3 Å². The summed E-state index contributed by atoms with van der Waals surface area (Å²) < 4.78 is 0. The fraction of sp³-hybridized carbons (Fsp3) is 0.125. The molecule has 0 heteroatoms. The molecule has 4 rings (SSSR count). The highest BCUT2D eigenvalue weighted by atomic mass is 14.4. The molecule has 1 aromatic rings. The minimum Gasteiger partial charge on any atom is -0.0692 e. The van der Waals surface area contributed by atoms with Crippen LogP contribution in [0.1, 0.15) is 17.5 Å². The van der Waals surface area contributed by atoms with Gasteiger partial charge in [-0.1, -0.05) is 60.7 Å². The first-order valence-electron chi connectivity index (χ1n) is 5.77. The van der Waals surface area contributed by atoms with Gasteiger partial charge in [0, 0.05) is 5.41 Å². The van der Waals surface area contributed by atoms with E-state index in [0.29, 0.717) is 0 Å². The average Bonchev–Trinajstić information content (AvgIpc) is 2.79. The standard InChI is InChI=1S/C16H12/c1-2-9-15-14(8-1)12-5-3-6-13-7-4-10-16(13,15)11-12/h1-10H,11H2/t16-/m1/s1. The predicted molar refractivity (Wildman–Crippen MR) is 67.1 cm³/mol. The molecule has 0 saturated heterocycles. The number of benzene rings is 1. The summed E-state index contributed by atoms with van der Waals surface area (Å²) in [6.07, 6.45) is 14.6. The van der Waals surface area contributed by atoms with Gasteiger partial charge in [-0.25, -0.2) is 0 Å². The molecule has 0 unspecified atom stereocenters. The summed E-state index contributed by atoms with van der Waals surface area (Å²) in [4.78, 5) is 0. The smallest absolute Gasteiger partial charge is 0.0431 e. The van der Waals surface area contributed by atoms with Crippen LogP contribution in [-0.4, -0.2) is 0 Å². The molecule has 1 atom stereocenters. The topological polar surface area (TPSA) is 0 Å². The third kappa shape index (κ3) is 0.817. The highest BCUT2D eigenvalue weighted by Gasteiger charge is 2.42. The number of allylic oxidation sites excluding steroid dienone is 8. The van der Waals surface area contributed by atoms with Gasteiger partial charge in [-0.15, -0.1) is 0 Å². The quantitative estimate of drug-likeness (QED) is 0.603. The maximum Gasteiger partial charge on any atom is 0.0431 e. The molecule has 76 valence electrons. The van der Waals surface area contributed by atoms with Crippen molar-refractivity contribution in [1.82, 2.24) is 0 Å². The van der Waals surface area contributed by atoms with Crippen molar-refractivity contribution in [2.45, 2.75) is 11.8 Å². The zero-order valence-corrected chi connectivity index (χ0v) is 8.98. The van der Waals surface area contributed by atoms with Gasteiger partial charge in [0.2, 0.25) is 0 Å². The highest BCUT2D eigenvalue weighted by Crippen LogP contribution is 2.53. The summed E-state index contributed by atoms with van der Waals surface area (Å²) in [7, 11) is 0. The largest absolute Gasteiger partial charge is 0.0692 e. The third-order valence-electron chi connectivity index (χ3n) is 3.97. The maximum absolute atomic E-state index is 2.36. The molecule has 0 N–H and O–H groups in total. The van der Waals surface area contributed by atoms with Crippen molar-refractivity contribution in [3.05, 3.63) is 77.4 Å². The number of rotatable bonds is 0. The van der Waals surface area contributed by atoms with Crippen LogP contribution in [-0.2, 0) is 5.41 Å². The Morgan fingerprint density at radius 2 is 1.94 bits per heavy atom. The zero-order valence-electron chi connectivity index (χ0n) is 8.98. The van der Waals surface area contributed by atoms with E-state index in [2.05, 4.69) is 60.7 Å². The SMILES string of the molecule is C1=CC2=CC=C[C@@]23CC(=C1)c1ccccc13. The van der Waals surface area contributed by atoms with E-state index in [1.54, 1.807) is 0 Å². The van der Waals surface area contributed by atoms with Gasteiger partial charge in [0.05, 0.1) is 0 Å². The lowest BCUT2D eigenvalue weighted by atomic mass is 9.77. The second-order valence-corrected chi connectivity index (χ2v) is 4.73. The van der Waals surface area contributed by atoms with Gasteiger partial charge in [0.15, 0.2) is 0 Å². The second kappa shape index (κ2) is 2.65. The van der Waals surface area contributed by atoms with E-state index in [9.17, 15) is 0 Å². The van der Waals surface area contributed by atoms with Crippen molar-refractivity contribution in [2.24, 2.45) is 0 Å². The molecule has 16 heavy (non-hydrogen) atoms. The van der Waals surface area contributed by atoms with Crippen LogP contribution in [0.3, 0.4) is 0 Å². The molecule has 1 aromatic carbocycles. The molecule has 0 saturated carbocycles. The Morgan fingerprint density at radius 1 is 1.00 bits per heavy atom. The Balaban J connectivity index is 2.13. The van der Waals surface area contributed by atoms with Crippen LogP contribution in [0.4, 0.5) is 0 Å². The zero-order chi connectivity index (χ0) is 10.6. The molecule has 0 fully saturated rings. The van der Waals surface area contributed by atoms with Crippen LogP contribution in [0.2, 0.25) is 0 Å². The Morgan fingerprint density at radius 3 is 2.94 bits per heavy atom. The Labute approximate surface area is 95.3 Å². The number of fused-ring (bicyclic) bond motifs is 3. The Hall–Kier alpha value is -1.82. The van der Waals surface area contributed by atoms with Gasteiger partial charge in [0.25, 0.3) is 0 Å². The van der Waals surface area contributed by atoms with Gasteiger partial charge in [-0.05, 0) is 28.7 Å². The summed E-state index contributed by atoms with van der Waals surface area (Å²) in [6.45, 7) is 0. The van der Waals surface area contributed by atoms with E-state index >= 15 is 0 Å². The maximum atomic E-state index is 2.36.